The molecule has 0 aromatic heterocycles. The summed E-state index contributed by atoms with van der Waals surface area (Å²) in [5.41, 5.74) is 0.488. The molecular weight excluding hydrogens is 284 g/mol. The number of carbonyl (C=O) groups is 3. The Morgan fingerprint density at radius 2 is 1.95 bits per heavy atom. The molecule has 2 atom stereocenters. The van der Waals surface area contributed by atoms with Gasteiger partial charge in [-0.3, -0.25) is 9.59 Å². The number of nitrogens with zero attached hydrogens (tertiary/aromatic N) is 2. The van der Waals surface area contributed by atoms with Gasteiger partial charge in [-0.15, -0.1) is 5.06 Å². The maximum atomic E-state index is 12.2. The summed E-state index contributed by atoms with van der Waals surface area (Å²) >= 11 is 0. The first-order valence-corrected chi connectivity index (χ1v) is 7.75. The molecule has 6 heteroatoms. The lowest BCUT2D eigenvalue weighted by atomic mass is 9.80. The predicted molar refractivity (Wildman–Crippen MR) is 77.9 cm³/mol. The Morgan fingerprint density at radius 3 is 2.64 bits per heavy atom. The van der Waals surface area contributed by atoms with Crippen LogP contribution in [0.15, 0.2) is 24.4 Å². The SMILES string of the molecule is C=C1CCC(=O)N1OC(=O)CN1C(=O)C2CC/C=C/CCC21. The second-order valence-corrected chi connectivity index (χ2v) is 5.98. The van der Waals surface area contributed by atoms with Crippen molar-refractivity contribution in [2.75, 3.05) is 6.54 Å². The van der Waals surface area contributed by atoms with Gasteiger partial charge in [-0.05, 0) is 32.1 Å². The molecule has 0 aromatic carbocycles. The van der Waals surface area contributed by atoms with E-state index >= 15 is 0 Å². The van der Waals surface area contributed by atoms with Gasteiger partial charge < -0.3 is 9.74 Å². The molecular formula is C16H20N2O4. The number of hydroxylamine groups is 2. The van der Waals surface area contributed by atoms with E-state index in [1.807, 2.05) is 0 Å². The van der Waals surface area contributed by atoms with E-state index in [2.05, 4.69) is 18.7 Å². The number of carbonyl (C=O) groups excluding carboxylic acids is 3. The third-order valence-corrected chi connectivity index (χ3v) is 4.54. The molecule has 22 heavy (non-hydrogen) atoms. The van der Waals surface area contributed by atoms with Gasteiger partial charge in [0.15, 0.2) is 0 Å². The monoisotopic (exact) mass is 304 g/mol. The minimum atomic E-state index is -0.583. The predicted octanol–water partition coefficient (Wildman–Crippen LogP) is 1.54. The topological polar surface area (TPSA) is 66.9 Å². The molecule has 0 bridgehead atoms. The maximum absolute atomic E-state index is 12.2. The summed E-state index contributed by atoms with van der Waals surface area (Å²) in [6.45, 7) is 3.60. The number of fused-ring (bicyclic) bond motifs is 1. The van der Waals surface area contributed by atoms with Crippen LogP contribution in [-0.2, 0) is 19.2 Å². The third kappa shape index (κ3) is 2.65. The first-order valence-electron chi connectivity index (χ1n) is 7.75. The van der Waals surface area contributed by atoms with E-state index in [0.29, 0.717) is 18.5 Å². The second kappa shape index (κ2) is 5.94. The number of amides is 2. The van der Waals surface area contributed by atoms with Crippen molar-refractivity contribution < 1.29 is 19.2 Å². The molecule has 0 aromatic rings. The minimum absolute atomic E-state index is 0.0174. The van der Waals surface area contributed by atoms with Gasteiger partial charge in [-0.25, -0.2) is 4.79 Å². The van der Waals surface area contributed by atoms with Gasteiger partial charge in [0.05, 0.1) is 11.6 Å². The van der Waals surface area contributed by atoms with Gasteiger partial charge in [0, 0.05) is 12.5 Å². The summed E-state index contributed by atoms with van der Waals surface area (Å²) in [5.74, 6) is -0.798. The molecule has 0 spiro atoms. The van der Waals surface area contributed by atoms with E-state index in [-0.39, 0.29) is 30.3 Å². The smallest absolute Gasteiger partial charge is 0.331 e. The number of hydrogen-bond donors (Lipinski definition) is 0. The largest absolute Gasteiger partial charge is 0.352 e. The van der Waals surface area contributed by atoms with Crippen LogP contribution in [0.25, 0.3) is 0 Å². The van der Waals surface area contributed by atoms with Crippen LogP contribution in [0.3, 0.4) is 0 Å². The lowest BCUT2D eigenvalue weighted by Crippen LogP contribution is -2.62. The fourth-order valence-corrected chi connectivity index (χ4v) is 3.34. The Bertz CT molecular complexity index is 538. The zero-order valence-electron chi connectivity index (χ0n) is 12.5. The Kier molecular flexibility index (Phi) is 4.00. The molecule has 2 aliphatic heterocycles. The highest BCUT2D eigenvalue weighted by Crippen LogP contribution is 2.35. The molecule has 0 saturated carbocycles. The molecule has 2 saturated heterocycles. The number of allylic oxidation sites excluding steroid dienone is 3. The molecule has 6 nitrogen and oxygen atoms in total. The second-order valence-electron chi connectivity index (χ2n) is 5.98. The molecule has 2 heterocycles. The van der Waals surface area contributed by atoms with E-state index < -0.39 is 5.97 Å². The van der Waals surface area contributed by atoms with E-state index in [0.717, 1.165) is 30.7 Å². The van der Waals surface area contributed by atoms with Crippen molar-refractivity contribution in [3.05, 3.63) is 24.4 Å². The van der Waals surface area contributed by atoms with E-state index in [4.69, 9.17) is 4.84 Å². The van der Waals surface area contributed by atoms with Gasteiger partial charge in [0.1, 0.15) is 6.54 Å². The van der Waals surface area contributed by atoms with Crippen LogP contribution >= 0.6 is 0 Å². The normalized spacial score (nSPS) is 29.5. The van der Waals surface area contributed by atoms with E-state index in [1.165, 1.54) is 0 Å². The average molecular weight is 304 g/mol. The van der Waals surface area contributed by atoms with Crippen molar-refractivity contribution in [3.8, 4) is 0 Å². The van der Waals surface area contributed by atoms with Crippen molar-refractivity contribution in [2.45, 2.75) is 44.6 Å². The standard InChI is InChI=1S/C16H20N2O4/c1-11-8-9-14(19)18(11)22-15(20)10-17-13-7-5-3-2-4-6-12(13)16(17)21/h2-3,12-13H,1,4-10H2/b3-2+. The molecule has 3 aliphatic rings. The lowest BCUT2D eigenvalue weighted by Gasteiger charge is -2.47. The summed E-state index contributed by atoms with van der Waals surface area (Å²) in [4.78, 5) is 42.4. The first kappa shape index (κ1) is 14.8. The summed E-state index contributed by atoms with van der Waals surface area (Å²) in [5, 5.41) is 0.963. The van der Waals surface area contributed by atoms with Gasteiger partial charge in [-0.2, -0.15) is 0 Å². The Balaban J connectivity index is 1.57. The molecule has 2 unspecified atom stereocenters. The Morgan fingerprint density at radius 1 is 1.23 bits per heavy atom. The molecule has 1 aliphatic carbocycles. The number of rotatable bonds is 3. The van der Waals surface area contributed by atoms with E-state index in [9.17, 15) is 14.4 Å². The average Bonchev–Trinajstić information content (AvgIpc) is 2.77. The highest BCUT2D eigenvalue weighted by Gasteiger charge is 2.47. The summed E-state index contributed by atoms with van der Waals surface area (Å²) in [6.07, 6.45) is 8.60. The van der Waals surface area contributed by atoms with Gasteiger partial charge in [0.2, 0.25) is 5.91 Å². The van der Waals surface area contributed by atoms with Crippen LogP contribution in [-0.4, -0.2) is 40.3 Å². The van der Waals surface area contributed by atoms with Crippen LogP contribution < -0.4 is 0 Å². The number of β-lactam (4-membered cyclic amide) rings is 1. The molecule has 2 amide bonds. The van der Waals surface area contributed by atoms with Crippen molar-refractivity contribution >= 4 is 17.8 Å². The van der Waals surface area contributed by atoms with Crippen LogP contribution in [0.5, 0.6) is 0 Å². The lowest BCUT2D eigenvalue weighted by molar-refractivity contribution is -0.191. The fraction of sp³-hybridized carbons (Fsp3) is 0.562. The van der Waals surface area contributed by atoms with Gasteiger partial charge >= 0.3 is 5.97 Å². The van der Waals surface area contributed by atoms with Crippen LogP contribution in [0, 0.1) is 5.92 Å². The van der Waals surface area contributed by atoms with Crippen LogP contribution in [0.2, 0.25) is 0 Å². The van der Waals surface area contributed by atoms with Gasteiger partial charge in [-0.1, -0.05) is 18.7 Å². The van der Waals surface area contributed by atoms with Crippen LogP contribution in [0.4, 0.5) is 0 Å². The summed E-state index contributed by atoms with van der Waals surface area (Å²) in [6, 6.07) is 0.113. The fourth-order valence-electron chi connectivity index (χ4n) is 3.34. The molecule has 0 radical (unpaired) electrons. The van der Waals surface area contributed by atoms with Gasteiger partial charge in [0.25, 0.3) is 5.91 Å². The quantitative estimate of drug-likeness (QED) is 0.586. The highest BCUT2D eigenvalue weighted by molar-refractivity contribution is 5.90. The van der Waals surface area contributed by atoms with Crippen molar-refractivity contribution in [1.82, 2.24) is 9.96 Å². The minimum Gasteiger partial charge on any atom is -0.331 e. The van der Waals surface area contributed by atoms with Crippen LogP contribution in [0.1, 0.15) is 38.5 Å². The zero-order chi connectivity index (χ0) is 15.7. The molecule has 2 fully saturated rings. The third-order valence-electron chi connectivity index (χ3n) is 4.54. The summed E-state index contributed by atoms with van der Waals surface area (Å²) in [7, 11) is 0. The number of likely N-dealkylation sites (tertiary alicyclic amines) is 1. The Hall–Kier alpha value is -2.11. The maximum Gasteiger partial charge on any atom is 0.352 e. The Labute approximate surface area is 129 Å². The molecule has 3 rings (SSSR count). The van der Waals surface area contributed by atoms with Crippen molar-refractivity contribution in [1.29, 1.82) is 0 Å². The zero-order valence-corrected chi connectivity index (χ0v) is 12.5. The molecule has 0 N–H and O–H groups in total. The summed E-state index contributed by atoms with van der Waals surface area (Å²) < 4.78 is 0. The van der Waals surface area contributed by atoms with Crippen molar-refractivity contribution in [2.24, 2.45) is 5.92 Å². The van der Waals surface area contributed by atoms with Crippen molar-refractivity contribution in [3.63, 3.8) is 0 Å². The highest BCUT2D eigenvalue weighted by atomic mass is 16.7. The molecule has 118 valence electrons. The first-order chi connectivity index (χ1) is 10.6. The van der Waals surface area contributed by atoms with E-state index in [1.54, 1.807) is 4.90 Å². The number of hydrogen-bond acceptors (Lipinski definition) is 4.